The molecular formula is C34H30N2O7. The van der Waals surface area contributed by atoms with Gasteiger partial charge in [0.1, 0.15) is 17.9 Å². The minimum Gasteiger partial charge on any atom is -0.492 e. The first-order valence-electron chi connectivity index (χ1n) is 14.0. The monoisotopic (exact) mass is 578 g/mol. The van der Waals surface area contributed by atoms with Crippen molar-refractivity contribution in [1.29, 1.82) is 0 Å². The van der Waals surface area contributed by atoms with Crippen LogP contribution in [0.5, 0.6) is 5.75 Å². The number of amides is 2. The molecule has 2 saturated heterocycles. The Morgan fingerprint density at radius 2 is 1.58 bits per heavy atom. The van der Waals surface area contributed by atoms with Crippen LogP contribution in [0, 0.1) is 11.8 Å². The molecule has 2 aliphatic rings. The third-order valence-corrected chi connectivity index (χ3v) is 8.44. The van der Waals surface area contributed by atoms with E-state index in [1.54, 1.807) is 36.4 Å². The van der Waals surface area contributed by atoms with E-state index in [1.165, 1.54) is 7.11 Å². The van der Waals surface area contributed by atoms with Gasteiger partial charge in [-0.15, -0.1) is 0 Å². The van der Waals surface area contributed by atoms with Crippen LogP contribution in [0.2, 0.25) is 0 Å². The minimum atomic E-state index is -1.76. The molecule has 2 N–H and O–H groups in total. The molecule has 4 aromatic carbocycles. The van der Waals surface area contributed by atoms with Crippen LogP contribution >= 0.6 is 0 Å². The molecule has 0 radical (unpaired) electrons. The smallest absolute Gasteiger partial charge is 0.337 e. The van der Waals surface area contributed by atoms with Gasteiger partial charge in [-0.3, -0.25) is 24.6 Å². The summed E-state index contributed by atoms with van der Waals surface area (Å²) in [5, 5.41) is 16.0. The number of carboxylic acids is 1. The molecule has 4 atom stereocenters. The zero-order valence-electron chi connectivity index (χ0n) is 23.4. The number of carbonyl (C=O) groups excluding carboxylic acids is 3. The molecule has 2 heterocycles. The lowest BCUT2D eigenvalue weighted by atomic mass is 9.76. The average Bonchev–Trinajstić information content (AvgIpc) is 3.50. The molecule has 0 spiro atoms. The lowest BCUT2D eigenvalue weighted by Gasteiger charge is -2.31. The third kappa shape index (κ3) is 5.02. The van der Waals surface area contributed by atoms with E-state index in [4.69, 9.17) is 9.47 Å². The van der Waals surface area contributed by atoms with Crippen LogP contribution in [0.1, 0.15) is 27.5 Å². The molecule has 6 rings (SSSR count). The van der Waals surface area contributed by atoms with Gasteiger partial charge in [-0.2, -0.15) is 0 Å². The second-order valence-electron chi connectivity index (χ2n) is 10.9. The van der Waals surface area contributed by atoms with E-state index in [0.29, 0.717) is 16.9 Å². The van der Waals surface area contributed by atoms with Crippen LogP contribution in [0.3, 0.4) is 0 Å². The maximum atomic E-state index is 14.0. The number of ether oxygens (including phenoxy) is 2. The Kier molecular flexibility index (Phi) is 7.41. The summed E-state index contributed by atoms with van der Waals surface area (Å²) < 4.78 is 10.6. The molecule has 0 saturated carbocycles. The van der Waals surface area contributed by atoms with Crippen LogP contribution in [-0.4, -0.2) is 59.6 Å². The zero-order valence-corrected chi connectivity index (χ0v) is 23.4. The molecule has 0 aliphatic carbocycles. The summed E-state index contributed by atoms with van der Waals surface area (Å²) in [6, 6.07) is 28.2. The SMILES string of the molecule is COC(=O)c1ccc(C2NC(Cc3ccc4ccccc4c3)(C(=O)O)C3C(=O)N(CCOc4ccccc4)C(=O)C23)cc1. The van der Waals surface area contributed by atoms with Crippen molar-refractivity contribution >= 4 is 34.5 Å². The number of fused-ring (bicyclic) bond motifs is 2. The van der Waals surface area contributed by atoms with Gasteiger partial charge in [0.25, 0.3) is 0 Å². The molecule has 4 unspecified atom stereocenters. The maximum absolute atomic E-state index is 14.0. The number of carbonyl (C=O) groups is 4. The van der Waals surface area contributed by atoms with Crippen LogP contribution in [-0.2, 0) is 25.5 Å². The van der Waals surface area contributed by atoms with Gasteiger partial charge in [0.05, 0.1) is 31.1 Å². The van der Waals surface area contributed by atoms with Gasteiger partial charge in [0, 0.05) is 12.5 Å². The summed E-state index contributed by atoms with van der Waals surface area (Å²) in [7, 11) is 1.28. The predicted molar refractivity (Wildman–Crippen MR) is 157 cm³/mol. The normalized spacial score (nSPS) is 22.9. The lowest BCUT2D eigenvalue weighted by Crippen LogP contribution is -2.57. The van der Waals surface area contributed by atoms with Gasteiger partial charge >= 0.3 is 11.9 Å². The highest BCUT2D eigenvalue weighted by Gasteiger charge is 2.68. The molecule has 0 bridgehead atoms. The quantitative estimate of drug-likeness (QED) is 0.226. The Bertz CT molecular complexity index is 1710. The van der Waals surface area contributed by atoms with E-state index in [1.807, 2.05) is 60.7 Å². The van der Waals surface area contributed by atoms with Crippen molar-refractivity contribution in [2.45, 2.75) is 18.0 Å². The standard InChI is InChI=1S/C34H30N2O7/c1-42-32(39)24-15-13-23(14-16-24)29-27-28(31(38)36(30(27)37)17-18-43-26-9-3-2-4-10-26)34(35-29,33(40)41)20-21-11-12-22-7-5-6-8-25(22)19-21/h2-16,19,27-29,35H,17-18,20H2,1H3,(H,40,41). The van der Waals surface area contributed by atoms with E-state index < -0.39 is 47.2 Å². The number of hydrogen-bond donors (Lipinski definition) is 2. The maximum Gasteiger partial charge on any atom is 0.337 e. The number of imide groups is 1. The first-order valence-corrected chi connectivity index (χ1v) is 14.0. The summed E-state index contributed by atoms with van der Waals surface area (Å²) >= 11 is 0. The Hall–Kier alpha value is -5.02. The molecule has 9 heteroatoms. The lowest BCUT2D eigenvalue weighted by molar-refractivity contribution is -0.151. The van der Waals surface area contributed by atoms with Crippen molar-refractivity contribution < 1.29 is 33.8 Å². The van der Waals surface area contributed by atoms with E-state index in [9.17, 15) is 24.3 Å². The molecule has 218 valence electrons. The Labute approximate surface area is 248 Å². The fourth-order valence-electron chi connectivity index (χ4n) is 6.39. The van der Waals surface area contributed by atoms with Crippen molar-refractivity contribution in [2.24, 2.45) is 11.8 Å². The average molecular weight is 579 g/mol. The minimum absolute atomic E-state index is 0.0146. The zero-order chi connectivity index (χ0) is 30.1. The van der Waals surface area contributed by atoms with Gasteiger partial charge < -0.3 is 14.6 Å². The van der Waals surface area contributed by atoms with Crippen LogP contribution in [0.25, 0.3) is 10.8 Å². The Morgan fingerprint density at radius 1 is 0.884 bits per heavy atom. The highest BCUT2D eigenvalue weighted by Crippen LogP contribution is 2.50. The first kappa shape index (κ1) is 28.1. The van der Waals surface area contributed by atoms with Crippen molar-refractivity contribution in [3.63, 3.8) is 0 Å². The van der Waals surface area contributed by atoms with Crippen molar-refractivity contribution in [2.75, 3.05) is 20.3 Å². The van der Waals surface area contributed by atoms with Gasteiger partial charge in [-0.05, 0) is 46.2 Å². The Balaban J connectivity index is 1.37. The summed E-state index contributed by atoms with van der Waals surface area (Å²) in [5.74, 6) is -4.26. The number of aliphatic carboxylic acids is 1. The number of esters is 1. The third-order valence-electron chi connectivity index (χ3n) is 8.44. The topological polar surface area (TPSA) is 122 Å². The van der Waals surface area contributed by atoms with Crippen LogP contribution in [0.15, 0.2) is 97.1 Å². The highest BCUT2D eigenvalue weighted by molar-refractivity contribution is 6.09. The fraction of sp³-hybridized carbons (Fsp3) is 0.235. The van der Waals surface area contributed by atoms with Gasteiger partial charge in [0.15, 0.2) is 0 Å². The van der Waals surface area contributed by atoms with Gasteiger partial charge in [0.2, 0.25) is 11.8 Å². The molecule has 43 heavy (non-hydrogen) atoms. The number of nitrogens with one attached hydrogen (secondary N) is 1. The first-order chi connectivity index (χ1) is 20.8. The predicted octanol–water partition coefficient (Wildman–Crippen LogP) is 4.02. The molecule has 4 aromatic rings. The molecule has 0 aromatic heterocycles. The number of nitrogens with zero attached hydrogens (tertiary/aromatic N) is 1. The molecule has 2 aliphatic heterocycles. The summed E-state index contributed by atoms with van der Waals surface area (Å²) in [6.45, 7) is 0.0524. The highest BCUT2D eigenvalue weighted by atomic mass is 16.5. The number of hydrogen-bond acceptors (Lipinski definition) is 7. The van der Waals surface area contributed by atoms with E-state index in [-0.39, 0.29) is 19.6 Å². The number of rotatable bonds is 9. The molecule has 2 amide bonds. The van der Waals surface area contributed by atoms with Gasteiger partial charge in [-0.1, -0.05) is 72.8 Å². The number of para-hydroxylation sites is 1. The van der Waals surface area contributed by atoms with Crippen molar-refractivity contribution in [1.82, 2.24) is 10.2 Å². The molecule has 9 nitrogen and oxygen atoms in total. The number of carboxylic acid groups (broad SMARTS) is 1. The van der Waals surface area contributed by atoms with Crippen LogP contribution < -0.4 is 10.1 Å². The number of likely N-dealkylation sites (tertiary alicyclic amines) is 1. The summed E-state index contributed by atoms with van der Waals surface area (Å²) in [6.07, 6.45) is -0.0154. The van der Waals surface area contributed by atoms with E-state index in [2.05, 4.69) is 5.32 Å². The second kappa shape index (κ2) is 11.3. The molecular weight excluding hydrogens is 548 g/mol. The summed E-state index contributed by atoms with van der Waals surface area (Å²) in [4.78, 5) is 54.3. The van der Waals surface area contributed by atoms with Crippen LogP contribution in [0.4, 0.5) is 0 Å². The van der Waals surface area contributed by atoms with Gasteiger partial charge in [-0.25, -0.2) is 4.79 Å². The summed E-state index contributed by atoms with van der Waals surface area (Å²) in [5.41, 5.74) is -0.136. The number of benzene rings is 4. The van der Waals surface area contributed by atoms with E-state index in [0.717, 1.165) is 21.2 Å². The number of methoxy groups -OCH3 is 1. The Morgan fingerprint density at radius 3 is 2.28 bits per heavy atom. The van der Waals surface area contributed by atoms with Crippen molar-refractivity contribution in [3.8, 4) is 5.75 Å². The molecule has 2 fully saturated rings. The second-order valence-corrected chi connectivity index (χ2v) is 10.9. The van der Waals surface area contributed by atoms with Crippen molar-refractivity contribution in [3.05, 3.63) is 114 Å². The fourth-order valence-corrected chi connectivity index (χ4v) is 6.39. The largest absolute Gasteiger partial charge is 0.492 e. The van der Waals surface area contributed by atoms with E-state index >= 15 is 0 Å².